The second kappa shape index (κ2) is 6.43. The molecule has 1 aromatic rings. The van der Waals surface area contributed by atoms with Crippen molar-refractivity contribution in [3.8, 4) is 0 Å². The molecule has 2 nitrogen and oxygen atoms in total. The monoisotopic (exact) mass is 247 g/mol. The van der Waals surface area contributed by atoms with Crippen LogP contribution in [0.1, 0.15) is 12.0 Å². The van der Waals surface area contributed by atoms with Gasteiger partial charge in [0.15, 0.2) is 0 Å². The first kappa shape index (κ1) is 12.9. The Labute approximate surface area is 97.6 Å². The van der Waals surface area contributed by atoms with Crippen LogP contribution in [0.2, 0.25) is 0 Å². The van der Waals surface area contributed by atoms with E-state index < -0.39 is 11.6 Å². The molecule has 1 N–H and O–H groups in total. The molecule has 88 valence electrons. The molecule has 0 heterocycles. The lowest BCUT2D eigenvalue weighted by Crippen LogP contribution is -2.25. The van der Waals surface area contributed by atoms with Crippen molar-refractivity contribution >= 4 is 17.5 Å². The van der Waals surface area contributed by atoms with E-state index in [0.717, 1.165) is 18.2 Å². The normalized spacial score (nSPS) is 10.2. The van der Waals surface area contributed by atoms with Crippen LogP contribution in [0.5, 0.6) is 0 Å². The molecule has 0 aromatic heterocycles. The van der Waals surface area contributed by atoms with Crippen molar-refractivity contribution in [3.05, 3.63) is 35.4 Å². The molecule has 0 spiro atoms. The minimum atomic E-state index is -0.483. The maximum atomic E-state index is 13.1. The van der Waals surface area contributed by atoms with E-state index in [1.165, 1.54) is 0 Å². The van der Waals surface area contributed by atoms with Gasteiger partial charge in [0.05, 0.1) is 0 Å². The van der Waals surface area contributed by atoms with Gasteiger partial charge in [-0.05, 0) is 30.2 Å². The fourth-order valence-electron chi connectivity index (χ4n) is 1.25. The number of nitrogens with one attached hydrogen (secondary N) is 1. The summed E-state index contributed by atoms with van der Waals surface area (Å²) in [5.41, 5.74) is 0.256. The number of hydrogen-bond donors (Lipinski definition) is 1. The Morgan fingerprint density at radius 1 is 1.38 bits per heavy atom. The molecule has 1 rings (SSSR count). The van der Waals surface area contributed by atoms with Crippen LogP contribution < -0.4 is 5.32 Å². The zero-order valence-corrected chi connectivity index (χ0v) is 9.36. The summed E-state index contributed by atoms with van der Waals surface area (Å²) in [4.78, 5) is 11.0. The highest BCUT2D eigenvalue weighted by Crippen LogP contribution is 2.09. The Morgan fingerprint density at radius 3 is 2.81 bits per heavy atom. The average Bonchev–Trinajstić information content (AvgIpc) is 2.23. The van der Waals surface area contributed by atoms with Crippen molar-refractivity contribution in [1.29, 1.82) is 0 Å². The zero-order valence-electron chi connectivity index (χ0n) is 8.60. The van der Waals surface area contributed by atoms with Gasteiger partial charge in [-0.3, -0.25) is 4.79 Å². The van der Waals surface area contributed by atoms with E-state index in [-0.39, 0.29) is 36.7 Å². The summed E-state index contributed by atoms with van der Waals surface area (Å²) >= 11 is 5.37. The van der Waals surface area contributed by atoms with Gasteiger partial charge in [0, 0.05) is 18.8 Å². The van der Waals surface area contributed by atoms with Gasteiger partial charge in [-0.1, -0.05) is 0 Å². The highest BCUT2D eigenvalue weighted by Gasteiger charge is 2.04. The van der Waals surface area contributed by atoms with Gasteiger partial charge < -0.3 is 5.32 Å². The number of carbonyl (C=O) groups excluding carboxylic acids is 1. The number of halogens is 3. The summed E-state index contributed by atoms with van der Waals surface area (Å²) in [5, 5.41) is 2.57. The number of hydrogen-bond acceptors (Lipinski definition) is 1. The second-order valence-electron chi connectivity index (χ2n) is 3.27. The summed E-state index contributed by atoms with van der Waals surface area (Å²) in [5.74, 6) is -0.886. The lowest BCUT2D eigenvalue weighted by Gasteiger charge is -2.05. The summed E-state index contributed by atoms with van der Waals surface area (Å²) in [6.45, 7) is 0.274. The molecule has 0 aliphatic carbocycles. The molecule has 0 saturated heterocycles. The molecular weight excluding hydrogens is 236 g/mol. The molecule has 0 radical (unpaired) electrons. The van der Waals surface area contributed by atoms with Crippen molar-refractivity contribution in [1.82, 2.24) is 5.32 Å². The van der Waals surface area contributed by atoms with Gasteiger partial charge in [-0.15, -0.1) is 11.6 Å². The Bertz CT molecular complexity index is 371. The van der Waals surface area contributed by atoms with Crippen LogP contribution in [-0.2, 0) is 11.2 Å². The lowest BCUT2D eigenvalue weighted by atomic mass is 10.1. The Hall–Kier alpha value is -1.16. The molecule has 1 amide bonds. The quantitative estimate of drug-likeness (QED) is 0.795. The molecule has 0 fully saturated rings. The highest BCUT2D eigenvalue weighted by atomic mass is 35.5. The number of rotatable bonds is 5. The van der Waals surface area contributed by atoms with Crippen LogP contribution in [0.25, 0.3) is 0 Å². The van der Waals surface area contributed by atoms with Crippen LogP contribution in [-0.4, -0.2) is 18.3 Å². The van der Waals surface area contributed by atoms with Gasteiger partial charge in [-0.25, -0.2) is 8.78 Å². The lowest BCUT2D eigenvalue weighted by molar-refractivity contribution is -0.120. The standard InChI is InChI=1S/C11H12ClF2NO/c12-5-3-11(16)15-6-4-8-7-9(13)1-2-10(8)14/h1-2,7H,3-6H2,(H,15,16). The minimum Gasteiger partial charge on any atom is -0.356 e. The van der Waals surface area contributed by atoms with Crippen LogP contribution in [0.15, 0.2) is 18.2 Å². The number of amides is 1. The highest BCUT2D eigenvalue weighted by molar-refractivity contribution is 6.18. The molecule has 0 bridgehead atoms. The molecule has 0 unspecified atom stereocenters. The summed E-state index contributed by atoms with van der Waals surface area (Å²) < 4.78 is 25.9. The first-order chi connectivity index (χ1) is 7.63. The molecule has 1 aromatic carbocycles. The van der Waals surface area contributed by atoms with E-state index in [0.29, 0.717) is 0 Å². The van der Waals surface area contributed by atoms with E-state index in [9.17, 15) is 13.6 Å². The van der Waals surface area contributed by atoms with Gasteiger partial charge in [0.1, 0.15) is 11.6 Å². The largest absolute Gasteiger partial charge is 0.356 e. The molecular formula is C11H12ClF2NO. The van der Waals surface area contributed by atoms with Crippen LogP contribution >= 0.6 is 11.6 Å². The van der Waals surface area contributed by atoms with Crippen molar-refractivity contribution in [2.75, 3.05) is 12.4 Å². The fraction of sp³-hybridized carbons (Fsp3) is 0.364. The van der Waals surface area contributed by atoms with Crippen molar-refractivity contribution in [2.24, 2.45) is 0 Å². The number of alkyl halides is 1. The smallest absolute Gasteiger partial charge is 0.221 e. The van der Waals surface area contributed by atoms with Gasteiger partial charge in [-0.2, -0.15) is 0 Å². The summed E-state index contributed by atoms with van der Waals surface area (Å²) in [6.07, 6.45) is 0.491. The van der Waals surface area contributed by atoms with Crippen molar-refractivity contribution in [2.45, 2.75) is 12.8 Å². The Morgan fingerprint density at radius 2 is 2.12 bits per heavy atom. The Balaban J connectivity index is 2.42. The van der Waals surface area contributed by atoms with Crippen LogP contribution in [0.4, 0.5) is 8.78 Å². The van der Waals surface area contributed by atoms with E-state index >= 15 is 0 Å². The first-order valence-corrected chi connectivity index (χ1v) is 5.43. The SMILES string of the molecule is O=C(CCCl)NCCc1cc(F)ccc1F. The third-order valence-corrected chi connectivity index (χ3v) is 2.23. The van der Waals surface area contributed by atoms with Crippen LogP contribution in [0, 0.1) is 11.6 Å². The Kier molecular flexibility index (Phi) is 5.19. The zero-order chi connectivity index (χ0) is 12.0. The maximum Gasteiger partial charge on any atom is 0.221 e. The van der Waals surface area contributed by atoms with Gasteiger partial charge in [0.25, 0.3) is 0 Å². The third kappa shape index (κ3) is 4.14. The minimum absolute atomic E-state index is 0.188. The van der Waals surface area contributed by atoms with E-state index in [2.05, 4.69) is 5.32 Å². The number of carbonyl (C=O) groups is 1. The molecule has 0 saturated carbocycles. The predicted octanol–water partition coefficient (Wildman–Crippen LogP) is 2.25. The maximum absolute atomic E-state index is 13.1. The van der Waals surface area contributed by atoms with E-state index in [1.807, 2.05) is 0 Å². The molecule has 16 heavy (non-hydrogen) atoms. The molecule has 0 aliphatic rings. The first-order valence-electron chi connectivity index (χ1n) is 4.90. The van der Waals surface area contributed by atoms with Crippen LogP contribution in [0.3, 0.4) is 0 Å². The second-order valence-corrected chi connectivity index (χ2v) is 3.65. The molecule has 5 heteroatoms. The van der Waals surface area contributed by atoms with Gasteiger partial charge >= 0.3 is 0 Å². The van der Waals surface area contributed by atoms with Crippen molar-refractivity contribution < 1.29 is 13.6 Å². The topological polar surface area (TPSA) is 29.1 Å². The fourth-order valence-corrected chi connectivity index (χ4v) is 1.42. The molecule has 0 atom stereocenters. The van der Waals surface area contributed by atoms with E-state index in [4.69, 9.17) is 11.6 Å². The third-order valence-electron chi connectivity index (χ3n) is 2.05. The average molecular weight is 248 g/mol. The molecule has 0 aliphatic heterocycles. The van der Waals surface area contributed by atoms with E-state index in [1.54, 1.807) is 0 Å². The predicted molar refractivity (Wildman–Crippen MR) is 58.4 cm³/mol. The summed E-state index contributed by atoms with van der Waals surface area (Å²) in [6, 6.07) is 3.26. The van der Waals surface area contributed by atoms with Crippen molar-refractivity contribution in [3.63, 3.8) is 0 Å². The number of benzene rings is 1. The van der Waals surface area contributed by atoms with Gasteiger partial charge in [0.2, 0.25) is 5.91 Å². The summed E-state index contributed by atoms with van der Waals surface area (Å²) in [7, 11) is 0.